The van der Waals surface area contributed by atoms with E-state index in [1.165, 1.54) is 64.2 Å². The highest BCUT2D eigenvalue weighted by molar-refractivity contribution is 9.09. The number of hydrogen-bond donors (Lipinski definition) is 3. The molecule has 2 aromatic rings. The molecule has 3 N–H and O–H groups in total. The number of halogens is 1. The molecule has 0 unspecified atom stereocenters. The second kappa shape index (κ2) is 19.3. The number of H-pyrrole nitrogens is 1. The summed E-state index contributed by atoms with van der Waals surface area (Å²) in [5.41, 5.74) is 0.184. The number of fused-ring (bicyclic) bond motifs is 10. The fourth-order valence-corrected chi connectivity index (χ4v) is 17.6. The van der Waals surface area contributed by atoms with Crippen LogP contribution in [0.2, 0.25) is 0 Å². The quantitative estimate of drug-likeness (QED) is 0.199. The molecule has 8 fully saturated rings. The Labute approximate surface area is 400 Å². The van der Waals surface area contributed by atoms with Gasteiger partial charge in [-0.2, -0.15) is 10.2 Å². The summed E-state index contributed by atoms with van der Waals surface area (Å²) < 4.78 is 1.71. The Kier molecular flexibility index (Phi) is 15.3. The molecule has 0 bridgehead atoms. The van der Waals surface area contributed by atoms with Crippen molar-refractivity contribution in [3.8, 4) is 6.07 Å². The van der Waals surface area contributed by atoms with Crippen LogP contribution in [0.4, 0.5) is 5.95 Å². The second-order valence-electron chi connectivity index (χ2n) is 23.6. The van der Waals surface area contributed by atoms with Crippen LogP contribution in [0.3, 0.4) is 0 Å². The van der Waals surface area contributed by atoms with E-state index in [4.69, 9.17) is 6.57 Å². The van der Waals surface area contributed by atoms with Gasteiger partial charge in [-0.15, -0.1) is 6.57 Å². The topological polar surface area (TPSA) is 149 Å². The molecule has 10 nitrogen and oxygen atoms in total. The Morgan fingerprint density at radius 3 is 1.65 bits per heavy atom. The largest absolute Gasteiger partial charge is 0.397 e. The summed E-state index contributed by atoms with van der Waals surface area (Å²) in [6.07, 6.45) is 27.3. The SMILES string of the molecule is C.C.C[C@@]1(O)CC[C@@]2(C)[C@H](CC[C@@H]3[C@@H]2CC[C@]2(C)[C@@H](C(=O)CBr)CC[C@@H]32)C1.C[C@@]1(O)CC[C@@]2(C)[C@H](CC[C@@H]3[C@@H]2CC[C@]2(C)[C@@H](C(=O)Cn4ccnc4C#N)CC[C@@H]32)C1.[C-]#[N+]c1ncc[nH]1. The summed E-state index contributed by atoms with van der Waals surface area (Å²) >= 11 is 3.43. The molecule has 2 heterocycles. The molecule has 0 saturated heterocycles. The van der Waals surface area contributed by atoms with Gasteiger partial charge in [0.25, 0.3) is 0 Å². The monoisotopic (exact) mass is 959 g/mol. The first-order chi connectivity index (χ1) is 29.8. The van der Waals surface area contributed by atoms with Crippen LogP contribution < -0.4 is 0 Å². The van der Waals surface area contributed by atoms with E-state index in [2.05, 4.69) is 69.5 Å². The third-order valence-corrected chi connectivity index (χ3v) is 21.1. The van der Waals surface area contributed by atoms with Crippen LogP contribution in [-0.4, -0.2) is 57.8 Å². The minimum atomic E-state index is -0.485. The summed E-state index contributed by atoms with van der Waals surface area (Å²) in [5, 5.41) is 31.1. The zero-order valence-electron chi connectivity index (χ0n) is 39.0. The van der Waals surface area contributed by atoms with Crippen LogP contribution in [0.5, 0.6) is 0 Å². The number of rotatable bonds is 5. The molecule has 8 aliphatic carbocycles. The van der Waals surface area contributed by atoms with E-state index in [9.17, 15) is 25.1 Å². The molecule has 360 valence electrons. The minimum absolute atomic E-state index is 0. The maximum absolute atomic E-state index is 13.4. The van der Waals surface area contributed by atoms with E-state index in [-0.39, 0.29) is 49.8 Å². The normalized spacial score (nSPS) is 44.2. The number of alkyl halides is 1. The lowest BCUT2D eigenvalue weighted by atomic mass is 9.44. The fraction of sp³-hybridized carbons (Fsp3) is 0.815. The number of Topliss-reactive ketones (excluding diaryl/α,β-unsaturated/α-hetero) is 2. The molecular weight excluding hydrogens is 877 g/mol. The molecule has 2 aromatic heterocycles. The lowest BCUT2D eigenvalue weighted by molar-refractivity contribution is -0.151. The van der Waals surface area contributed by atoms with Gasteiger partial charge in [0.1, 0.15) is 18.0 Å². The van der Waals surface area contributed by atoms with Crippen molar-refractivity contribution in [2.75, 3.05) is 5.33 Å². The third kappa shape index (κ3) is 9.24. The highest BCUT2D eigenvalue weighted by atomic mass is 79.9. The number of hydrogen-bond acceptors (Lipinski definition) is 7. The van der Waals surface area contributed by atoms with E-state index in [1.807, 2.05) is 13.8 Å². The van der Waals surface area contributed by atoms with Crippen LogP contribution in [0, 0.1) is 98.7 Å². The van der Waals surface area contributed by atoms with Crippen molar-refractivity contribution < 1.29 is 19.8 Å². The molecule has 0 spiro atoms. The van der Waals surface area contributed by atoms with Crippen LogP contribution in [-0.2, 0) is 16.1 Å². The van der Waals surface area contributed by atoms with Crippen molar-refractivity contribution in [2.24, 2.45) is 80.8 Å². The molecule has 0 aliphatic heterocycles. The van der Waals surface area contributed by atoms with Crippen molar-refractivity contribution in [2.45, 2.75) is 190 Å². The number of aliphatic hydroxyl groups is 2. The summed E-state index contributed by atoms with van der Waals surface area (Å²) in [4.78, 5) is 39.2. The Morgan fingerprint density at radius 1 is 0.723 bits per heavy atom. The van der Waals surface area contributed by atoms with Crippen molar-refractivity contribution in [3.05, 3.63) is 42.0 Å². The van der Waals surface area contributed by atoms with E-state index >= 15 is 0 Å². The maximum Gasteiger partial charge on any atom is 0.336 e. The molecule has 11 heteroatoms. The number of nitrogens with one attached hydrogen (secondary N) is 1. The summed E-state index contributed by atoms with van der Waals surface area (Å²) in [7, 11) is 0. The first kappa shape index (κ1) is 51.5. The van der Waals surface area contributed by atoms with Gasteiger partial charge in [0.2, 0.25) is 5.82 Å². The minimum Gasteiger partial charge on any atom is -0.397 e. The Bertz CT molecular complexity index is 2070. The predicted octanol–water partition coefficient (Wildman–Crippen LogP) is 12.3. The van der Waals surface area contributed by atoms with E-state index < -0.39 is 11.2 Å². The number of aromatic nitrogens is 4. The molecule has 0 radical (unpaired) electrons. The van der Waals surface area contributed by atoms with Crippen molar-refractivity contribution in [1.29, 1.82) is 5.26 Å². The molecule has 16 atom stereocenters. The Hall–Kier alpha value is -2.86. The van der Waals surface area contributed by atoms with Crippen molar-refractivity contribution in [3.63, 3.8) is 0 Å². The molecule has 0 aromatic carbocycles. The van der Waals surface area contributed by atoms with Crippen LogP contribution in [0.15, 0.2) is 24.8 Å². The number of imidazole rings is 2. The predicted molar refractivity (Wildman–Crippen MR) is 261 cm³/mol. The van der Waals surface area contributed by atoms with Gasteiger partial charge < -0.3 is 24.6 Å². The fourth-order valence-electron chi connectivity index (χ4n) is 17.2. The molecular formula is C54H83BrN6O4. The summed E-state index contributed by atoms with van der Waals surface area (Å²) in [6.45, 7) is 20.6. The zero-order chi connectivity index (χ0) is 45.2. The highest BCUT2D eigenvalue weighted by Crippen LogP contribution is 2.70. The maximum atomic E-state index is 13.4. The van der Waals surface area contributed by atoms with Gasteiger partial charge >= 0.3 is 5.95 Å². The van der Waals surface area contributed by atoms with E-state index in [0.29, 0.717) is 51.5 Å². The molecule has 10 rings (SSSR count). The molecule has 0 amide bonds. The van der Waals surface area contributed by atoms with Gasteiger partial charge in [-0.3, -0.25) is 9.59 Å². The standard InChI is InChI=1S/C26H37N3O2.C22H35BrO2.C4H3N3.2CH4/c1-24(31)10-11-25(2)17(14-24)4-5-18-19-6-7-21(26(19,3)9-8-20(18)25)22(30)16-29-13-12-28-23(29)15-27;1-20(25)10-11-21(2)14(12-20)4-5-15-16-6-7-18(19(24)13-23)22(16,3)9-8-17(15)21;1-5-4-6-2-3-7-4;;/h12-13,17-21,31H,4-11,14,16H2,1-3H3;14-18,25H,4-13H2,1-3H3;2-3H,(H,6,7);2*1H4/t17-,18+,19+,20+,21-,24-,25+,26+;14-,15+,16+,17+,18-,20-,21+,22+;;;/m11.../s1. The van der Waals surface area contributed by atoms with Crippen LogP contribution in [0.1, 0.15) is 178 Å². The van der Waals surface area contributed by atoms with Gasteiger partial charge in [0, 0.05) is 24.2 Å². The lowest BCUT2D eigenvalue weighted by Crippen LogP contribution is -2.55. The average Bonchev–Trinajstić information content (AvgIpc) is 4.07. The van der Waals surface area contributed by atoms with Gasteiger partial charge in [-0.25, -0.2) is 4.98 Å². The number of carbonyl (C=O) groups excluding carboxylic acids is 2. The number of aromatic amines is 1. The Balaban J connectivity index is 0.000000185. The van der Waals surface area contributed by atoms with E-state index in [0.717, 1.165) is 81.0 Å². The Morgan fingerprint density at radius 2 is 1.22 bits per heavy atom. The van der Waals surface area contributed by atoms with Crippen molar-refractivity contribution in [1.82, 2.24) is 19.5 Å². The number of carbonyl (C=O) groups is 2. The second-order valence-corrected chi connectivity index (χ2v) is 24.2. The number of nitrogens with zero attached hydrogens (tertiary/aromatic N) is 5. The van der Waals surface area contributed by atoms with Crippen LogP contribution in [0.25, 0.3) is 4.85 Å². The summed E-state index contributed by atoms with van der Waals surface area (Å²) in [5.74, 6) is 7.62. The molecule has 65 heavy (non-hydrogen) atoms. The smallest absolute Gasteiger partial charge is 0.336 e. The number of ketones is 2. The van der Waals surface area contributed by atoms with Crippen LogP contribution >= 0.6 is 15.9 Å². The lowest BCUT2D eigenvalue weighted by Gasteiger charge is -2.61. The van der Waals surface area contributed by atoms with E-state index in [1.54, 1.807) is 29.4 Å². The van der Waals surface area contributed by atoms with Crippen molar-refractivity contribution >= 4 is 33.4 Å². The molecule has 8 aliphatic rings. The highest BCUT2D eigenvalue weighted by Gasteiger charge is 2.63. The molecule has 8 saturated carbocycles. The van der Waals surface area contributed by atoms with Gasteiger partial charge in [0.05, 0.1) is 29.3 Å². The van der Waals surface area contributed by atoms with Gasteiger partial charge in [-0.05, 0) is 198 Å². The van der Waals surface area contributed by atoms with Gasteiger partial charge in [0.15, 0.2) is 5.78 Å². The first-order valence-corrected chi connectivity index (χ1v) is 25.8. The third-order valence-electron chi connectivity index (χ3n) is 20.5. The number of nitriles is 1. The summed E-state index contributed by atoms with van der Waals surface area (Å²) in [6, 6.07) is 2.09. The zero-order valence-corrected chi connectivity index (χ0v) is 40.6. The van der Waals surface area contributed by atoms with Gasteiger partial charge in [-0.1, -0.05) is 58.5 Å². The average molecular weight is 960 g/mol. The first-order valence-electron chi connectivity index (χ1n) is 24.7.